The van der Waals surface area contributed by atoms with E-state index in [0.717, 1.165) is 6.42 Å². The molecular formula is C15H15ClN4O3. The van der Waals surface area contributed by atoms with Crippen LogP contribution in [-0.2, 0) is 0 Å². The number of nitrogens with zero attached hydrogens (tertiary/aromatic N) is 1. The van der Waals surface area contributed by atoms with Crippen molar-refractivity contribution in [2.45, 2.75) is 12.5 Å². The molecule has 7 nitrogen and oxygen atoms in total. The van der Waals surface area contributed by atoms with Gasteiger partial charge in [-0.25, -0.2) is 4.79 Å². The topological polar surface area (TPSA) is 98.1 Å². The van der Waals surface area contributed by atoms with E-state index in [0.29, 0.717) is 29.5 Å². The summed E-state index contributed by atoms with van der Waals surface area (Å²) in [5.41, 5.74) is -0.448. The van der Waals surface area contributed by atoms with Gasteiger partial charge in [0.1, 0.15) is 5.82 Å². The normalized spacial score (nSPS) is 17.3. The van der Waals surface area contributed by atoms with Gasteiger partial charge in [-0.05, 0) is 30.7 Å². The number of halogens is 1. The maximum Gasteiger partial charge on any atom is 0.327 e. The number of aromatic nitrogens is 2. The van der Waals surface area contributed by atoms with E-state index >= 15 is 0 Å². The summed E-state index contributed by atoms with van der Waals surface area (Å²) in [5.74, 6) is 0.287. The predicted molar refractivity (Wildman–Crippen MR) is 87.2 cm³/mol. The number of nitrogens with one attached hydrogen (secondary N) is 3. The summed E-state index contributed by atoms with van der Waals surface area (Å²) in [7, 11) is 0. The van der Waals surface area contributed by atoms with Gasteiger partial charge < -0.3 is 10.2 Å². The lowest BCUT2D eigenvalue weighted by molar-refractivity contribution is 0.0940. The fourth-order valence-corrected chi connectivity index (χ4v) is 2.72. The molecule has 0 bridgehead atoms. The van der Waals surface area contributed by atoms with Gasteiger partial charge >= 0.3 is 5.69 Å². The first kappa shape index (κ1) is 15.4. The number of anilines is 1. The van der Waals surface area contributed by atoms with E-state index in [2.05, 4.69) is 15.3 Å². The fourth-order valence-electron chi connectivity index (χ4n) is 2.59. The summed E-state index contributed by atoms with van der Waals surface area (Å²) in [6.45, 7) is 1.17. The number of hydrogen-bond acceptors (Lipinski definition) is 4. The lowest BCUT2D eigenvalue weighted by Crippen LogP contribution is -2.37. The van der Waals surface area contributed by atoms with E-state index in [9.17, 15) is 14.4 Å². The summed E-state index contributed by atoms with van der Waals surface area (Å²) < 4.78 is 0. The van der Waals surface area contributed by atoms with Crippen molar-refractivity contribution in [1.82, 2.24) is 15.3 Å². The molecule has 2 aromatic rings. The van der Waals surface area contributed by atoms with Crippen molar-refractivity contribution in [3.05, 3.63) is 61.8 Å². The molecule has 3 N–H and O–H groups in total. The molecule has 1 aromatic carbocycles. The van der Waals surface area contributed by atoms with Crippen molar-refractivity contribution in [1.29, 1.82) is 0 Å². The molecule has 0 aliphatic carbocycles. The number of hydrogen-bond donors (Lipinski definition) is 3. The van der Waals surface area contributed by atoms with Crippen LogP contribution in [-0.4, -0.2) is 35.0 Å². The minimum absolute atomic E-state index is 0.0547. The fraction of sp³-hybridized carbons (Fsp3) is 0.267. The van der Waals surface area contributed by atoms with Crippen LogP contribution in [0.3, 0.4) is 0 Å². The van der Waals surface area contributed by atoms with Crippen LogP contribution in [0.2, 0.25) is 5.02 Å². The van der Waals surface area contributed by atoms with Crippen LogP contribution in [0.4, 0.5) is 5.82 Å². The third-order valence-electron chi connectivity index (χ3n) is 3.72. The van der Waals surface area contributed by atoms with Gasteiger partial charge in [-0.3, -0.25) is 19.6 Å². The Balaban J connectivity index is 1.65. The number of benzene rings is 1. The molecule has 23 heavy (non-hydrogen) atoms. The summed E-state index contributed by atoms with van der Waals surface area (Å²) in [6, 6.07) is 7.94. The van der Waals surface area contributed by atoms with Crippen molar-refractivity contribution in [2.75, 3.05) is 18.0 Å². The monoisotopic (exact) mass is 334 g/mol. The maximum absolute atomic E-state index is 12.2. The number of rotatable bonds is 3. The average Bonchev–Trinajstić information content (AvgIpc) is 2.95. The Labute approximate surface area is 136 Å². The molecule has 8 heteroatoms. The number of amides is 1. The smallest absolute Gasteiger partial charge is 0.327 e. The van der Waals surface area contributed by atoms with Gasteiger partial charge in [0.05, 0.1) is 0 Å². The molecule has 1 fully saturated rings. The average molecular weight is 335 g/mol. The molecule has 0 radical (unpaired) electrons. The number of carbonyl (C=O) groups is 1. The van der Waals surface area contributed by atoms with E-state index < -0.39 is 11.2 Å². The Kier molecular flexibility index (Phi) is 4.20. The lowest BCUT2D eigenvalue weighted by Gasteiger charge is -2.18. The summed E-state index contributed by atoms with van der Waals surface area (Å²) in [4.78, 5) is 41.4. The van der Waals surface area contributed by atoms with Crippen LogP contribution in [0.1, 0.15) is 16.8 Å². The van der Waals surface area contributed by atoms with Gasteiger partial charge in [0.2, 0.25) is 0 Å². The molecule has 1 amide bonds. The minimum Gasteiger partial charge on any atom is -0.356 e. The zero-order valence-electron chi connectivity index (χ0n) is 12.1. The molecule has 3 rings (SSSR count). The van der Waals surface area contributed by atoms with Gasteiger partial charge in [0, 0.05) is 35.8 Å². The van der Waals surface area contributed by atoms with E-state index in [1.54, 1.807) is 24.3 Å². The summed E-state index contributed by atoms with van der Waals surface area (Å²) >= 11 is 5.80. The molecule has 0 unspecified atom stereocenters. The third-order valence-corrected chi connectivity index (χ3v) is 3.97. The molecule has 1 aromatic heterocycles. The first-order valence-electron chi connectivity index (χ1n) is 7.16. The van der Waals surface area contributed by atoms with Crippen LogP contribution >= 0.6 is 11.6 Å². The molecule has 2 heterocycles. The molecule has 1 saturated heterocycles. The zero-order valence-corrected chi connectivity index (χ0v) is 12.9. The molecule has 120 valence electrons. The second-order valence-electron chi connectivity index (χ2n) is 5.38. The molecule has 0 spiro atoms. The van der Waals surface area contributed by atoms with E-state index in [1.807, 2.05) is 4.90 Å². The number of aromatic amines is 2. The van der Waals surface area contributed by atoms with Crippen molar-refractivity contribution in [2.24, 2.45) is 0 Å². The van der Waals surface area contributed by atoms with Crippen LogP contribution in [0, 0.1) is 0 Å². The van der Waals surface area contributed by atoms with E-state index in [4.69, 9.17) is 11.6 Å². The van der Waals surface area contributed by atoms with Gasteiger partial charge in [-0.2, -0.15) is 0 Å². The number of carbonyl (C=O) groups excluding carboxylic acids is 1. The van der Waals surface area contributed by atoms with Crippen molar-refractivity contribution >= 4 is 23.3 Å². The second kappa shape index (κ2) is 6.29. The standard InChI is InChI=1S/C15H15ClN4O3/c16-10-3-1-9(2-4-10)14(22)17-11-5-6-20(8-11)12-7-13(21)19-15(23)18-12/h1-4,7,11H,5-6,8H2,(H,17,22)(H2,18,19,21,23)/t11-/m1/s1. The van der Waals surface area contributed by atoms with Crippen LogP contribution < -0.4 is 21.5 Å². The van der Waals surface area contributed by atoms with Crippen LogP contribution in [0.25, 0.3) is 0 Å². The SMILES string of the molecule is O=C(N[C@@H]1CCN(c2cc(=O)[nH]c(=O)[nH]2)C1)c1ccc(Cl)cc1. The third kappa shape index (κ3) is 3.62. The largest absolute Gasteiger partial charge is 0.356 e. The molecule has 1 aliphatic rings. The Morgan fingerprint density at radius 2 is 1.96 bits per heavy atom. The van der Waals surface area contributed by atoms with E-state index in [-0.39, 0.29) is 11.9 Å². The quantitative estimate of drug-likeness (QED) is 0.770. The Bertz CT molecular complexity index is 799. The van der Waals surface area contributed by atoms with Gasteiger partial charge in [0.25, 0.3) is 11.5 Å². The second-order valence-corrected chi connectivity index (χ2v) is 5.82. The van der Waals surface area contributed by atoms with Crippen molar-refractivity contribution in [3.8, 4) is 0 Å². The highest BCUT2D eigenvalue weighted by Crippen LogP contribution is 2.16. The van der Waals surface area contributed by atoms with E-state index in [1.165, 1.54) is 6.07 Å². The van der Waals surface area contributed by atoms with Crippen LogP contribution in [0.5, 0.6) is 0 Å². The van der Waals surface area contributed by atoms with Gasteiger partial charge in [-0.1, -0.05) is 11.6 Å². The number of H-pyrrole nitrogens is 2. The first-order valence-corrected chi connectivity index (χ1v) is 7.54. The molecular weight excluding hydrogens is 320 g/mol. The van der Waals surface area contributed by atoms with Crippen molar-refractivity contribution in [3.63, 3.8) is 0 Å². The van der Waals surface area contributed by atoms with Crippen molar-refractivity contribution < 1.29 is 4.79 Å². The Hall–Kier alpha value is -2.54. The highest BCUT2D eigenvalue weighted by atomic mass is 35.5. The summed E-state index contributed by atoms with van der Waals surface area (Å²) in [6.07, 6.45) is 0.730. The molecule has 1 atom stereocenters. The zero-order chi connectivity index (χ0) is 16.4. The van der Waals surface area contributed by atoms with Gasteiger partial charge in [-0.15, -0.1) is 0 Å². The lowest BCUT2D eigenvalue weighted by atomic mass is 10.2. The minimum atomic E-state index is -0.541. The van der Waals surface area contributed by atoms with Crippen LogP contribution in [0.15, 0.2) is 39.9 Å². The first-order chi connectivity index (χ1) is 11.0. The Morgan fingerprint density at radius 3 is 2.65 bits per heavy atom. The molecule has 0 saturated carbocycles. The predicted octanol–water partition coefficient (Wildman–Crippen LogP) is 0.725. The summed E-state index contributed by atoms with van der Waals surface area (Å²) in [5, 5.41) is 3.52. The maximum atomic E-state index is 12.2. The molecule has 1 aliphatic heterocycles. The Morgan fingerprint density at radius 1 is 1.22 bits per heavy atom. The highest BCUT2D eigenvalue weighted by molar-refractivity contribution is 6.30. The van der Waals surface area contributed by atoms with Gasteiger partial charge in [0.15, 0.2) is 0 Å². The highest BCUT2D eigenvalue weighted by Gasteiger charge is 2.25.